The molecule has 2 aromatic rings. The standard InChI is InChI=1S/C21H22N2O4/c1-15(2)10-11-27-20-9-4-16(13-21(20)26-3)12-18(14-22)17-5-7-19(8-6-17)23(24)25/h4-9,12-13,15H,10-11H2,1-3H3/b18-12+. The first-order valence-corrected chi connectivity index (χ1v) is 8.62. The lowest BCUT2D eigenvalue weighted by Gasteiger charge is -2.12. The predicted molar refractivity (Wildman–Crippen MR) is 105 cm³/mol. The number of non-ortho nitro benzene ring substituents is 1. The van der Waals surface area contributed by atoms with E-state index in [2.05, 4.69) is 19.9 Å². The van der Waals surface area contributed by atoms with Crippen molar-refractivity contribution in [1.82, 2.24) is 0 Å². The summed E-state index contributed by atoms with van der Waals surface area (Å²) in [5.74, 6) is 1.80. The van der Waals surface area contributed by atoms with Crippen molar-refractivity contribution < 1.29 is 14.4 Å². The van der Waals surface area contributed by atoms with Gasteiger partial charge in [-0.15, -0.1) is 0 Å². The molecule has 0 aliphatic carbocycles. The maximum Gasteiger partial charge on any atom is 0.269 e. The molecule has 0 aliphatic rings. The molecule has 0 saturated carbocycles. The smallest absolute Gasteiger partial charge is 0.269 e. The van der Waals surface area contributed by atoms with Crippen molar-refractivity contribution in [3.63, 3.8) is 0 Å². The summed E-state index contributed by atoms with van der Waals surface area (Å²) in [7, 11) is 1.57. The average molecular weight is 366 g/mol. The fraction of sp³-hybridized carbons (Fsp3) is 0.286. The van der Waals surface area contributed by atoms with E-state index in [0.717, 1.165) is 12.0 Å². The maximum atomic E-state index is 10.8. The van der Waals surface area contributed by atoms with Crippen LogP contribution in [0.4, 0.5) is 5.69 Å². The van der Waals surface area contributed by atoms with Crippen molar-refractivity contribution in [1.29, 1.82) is 5.26 Å². The lowest BCUT2D eigenvalue weighted by molar-refractivity contribution is -0.384. The first-order valence-electron chi connectivity index (χ1n) is 8.62. The van der Waals surface area contributed by atoms with E-state index < -0.39 is 4.92 Å². The van der Waals surface area contributed by atoms with Gasteiger partial charge in [0.15, 0.2) is 11.5 Å². The van der Waals surface area contributed by atoms with Crippen molar-refractivity contribution in [3.05, 3.63) is 63.7 Å². The summed E-state index contributed by atoms with van der Waals surface area (Å²) in [6, 6.07) is 13.5. The number of allylic oxidation sites excluding steroid dienone is 1. The van der Waals surface area contributed by atoms with E-state index in [-0.39, 0.29) is 5.69 Å². The minimum atomic E-state index is -0.470. The molecule has 0 aromatic heterocycles. The first kappa shape index (κ1) is 20.0. The van der Waals surface area contributed by atoms with Crippen LogP contribution in [0.25, 0.3) is 11.6 Å². The van der Waals surface area contributed by atoms with Gasteiger partial charge in [0.2, 0.25) is 0 Å². The molecule has 2 aromatic carbocycles. The molecule has 0 saturated heterocycles. The monoisotopic (exact) mass is 366 g/mol. The number of methoxy groups -OCH3 is 1. The molecule has 140 valence electrons. The topological polar surface area (TPSA) is 85.4 Å². The second kappa shape index (κ2) is 9.39. The second-order valence-electron chi connectivity index (χ2n) is 6.42. The van der Waals surface area contributed by atoms with Gasteiger partial charge < -0.3 is 9.47 Å². The molecule has 0 amide bonds. The molecular weight excluding hydrogens is 344 g/mol. The van der Waals surface area contributed by atoms with Crippen LogP contribution in [0, 0.1) is 27.4 Å². The van der Waals surface area contributed by atoms with Gasteiger partial charge in [-0.3, -0.25) is 10.1 Å². The number of hydrogen-bond acceptors (Lipinski definition) is 5. The normalized spacial score (nSPS) is 11.1. The first-order chi connectivity index (χ1) is 12.9. The van der Waals surface area contributed by atoms with Crippen molar-refractivity contribution in [3.8, 4) is 17.6 Å². The highest BCUT2D eigenvalue weighted by Gasteiger charge is 2.09. The Kier molecular flexibility index (Phi) is 6.95. The van der Waals surface area contributed by atoms with Gasteiger partial charge in [0.1, 0.15) is 0 Å². The molecule has 0 radical (unpaired) electrons. The average Bonchev–Trinajstić information content (AvgIpc) is 2.66. The van der Waals surface area contributed by atoms with E-state index in [4.69, 9.17) is 9.47 Å². The number of rotatable bonds is 8. The zero-order chi connectivity index (χ0) is 19.8. The highest BCUT2D eigenvalue weighted by molar-refractivity contribution is 5.90. The van der Waals surface area contributed by atoms with Crippen LogP contribution in [0.1, 0.15) is 31.4 Å². The Morgan fingerprint density at radius 3 is 2.48 bits per heavy atom. The third kappa shape index (κ3) is 5.58. The van der Waals surface area contributed by atoms with E-state index in [1.165, 1.54) is 12.1 Å². The predicted octanol–water partition coefficient (Wildman–Crippen LogP) is 5.09. The molecule has 27 heavy (non-hydrogen) atoms. The van der Waals surface area contributed by atoms with Crippen LogP contribution in [0.2, 0.25) is 0 Å². The highest BCUT2D eigenvalue weighted by atomic mass is 16.6. The van der Waals surface area contributed by atoms with Gasteiger partial charge in [0.05, 0.1) is 30.3 Å². The SMILES string of the molecule is COc1cc(/C=C(\C#N)c2ccc([N+](=O)[O-])cc2)ccc1OCCC(C)C. The molecule has 6 nitrogen and oxygen atoms in total. The highest BCUT2D eigenvalue weighted by Crippen LogP contribution is 2.30. The zero-order valence-electron chi connectivity index (χ0n) is 15.6. The molecule has 0 unspecified atom stereocenters. The molecule has 0 spiro atoms. The van der Waals surface area contributed by atoms with Gasteiger partial charge >= 0.3 is 0 Å². The van der Waals surface area contributed by atoms with Crippen LogP contribution in [-0.4, -0.2) is 18.6 Å². The summed E-state index contributed by atoms with van der Waals surface area (Å²) in [5.41, 5.74) is 1.78. The molecule has 2 rings (SSSR count). The van der Waals surface area contributed by atoms with Gasteiger partial charge in [0, 0.05) is 12.1 Å². The fourth-order valence-electron chi connectivity index (χ4n) is 2.41. The molecule has 0 atom stereocenters. The molecule has 0 aliphatic heterocycles. The van der Waals surface area contributed by atoms with Crippen molar-refractivity contribution in [2.45, 2.75) is 20.3 Å². The van der Waals surface area contributed by atoms with Gasteiger partial charge in [-0.25, -0.2) is 0 Å². The third-order valence-corrected chi connectivity index (χ3v) is 3.96. The van der Waals surface area contributed by atoms with E-state index in [9.17, 15) is 15.4 Å². The summed E-state index contributed by atoms with van der Waals surface area (Å²) < 4.78 is 11.2. The summed E-state index contributed by atoms with van der Waals surface area (Å²) in [6.45, 7) is 4.88. The number of nitrogens with zero attached hydrogens (tertiary/aromatic N) is 2. The minimum absolute atomic E-state index is 0.0133. The van der Waals surface area contributed by atoms with Crippen molar-refractivity contribution in [2.24, 2.45) is 5.92 Å². The lowest BCUT2D eigenvalue weighted by Crippen LogP contribution is -2.02. The zero-order valence-corrected chi connectivity index (χ0v) is 15.6. The van der Waals surface area contributed by atoms with Crippen LogP contribution in [0.15, 0.2) is 42.5 Å². The number of benzene rings is 2. The quantitative estimate of drug-likeness (QED) is 0.281. The Hall–Kier alpha value is -3.33. The Bertz CT molecular complexity index is 865. The van der Waals surface area contributed by atoms with E-state index in [1.807, 2.05) is 12.1 Å². The van der Waals surface area contributed by atoms with Gasteiger partial charge in [0.25, 0.3) is 5.69 Å². The van der Waals surface area contributed by atoms with Crippen LogP contribution in [0.5, 0.6) is 11.5 Å². The van der Waals surface area contributed by atoms with Crippen LogP contribution in [-0.2, 0) is 0 Å². The number of nitriles is 1. The third-order valence-electron chi connectivity index (χ3n) is 3.96. The number of ether oxygens (including phenoxy) is 2. The number of nitro benzene ring substituents is 1. The Labute approximate surface area is 158 Å². The van der Waals surface area contributed by atoms with Gasteiger partial charge in [-0.2, -0.15) is 5.26 Å². The van der Waals surface area contributed by atoms with E-state index in [0.29, 0.717) is 35.2 Å². The number of hydrogen-bond donors (Lipinski definition) is 0. The Morgan fingerprint density at radius 2 is 1.93 bits per heavy atom. The molecule has 0 bridgehead atoms. The van der Waals surface area contributed by atoms with Crippen LogP contribution >= 0.6 is 0 Å². The molecule has 0 fully saturated rings. The van der Waals surface area contributed by atoms with Crippen molar-refractivity contribution >= 4 is 17.3 Å². The summed E-state index contributed by atoms with van der Waals surface area (Å²) >= 11 is 0. The molecule has 0 heterocycles. The fourth-order valence-corrected chi connectivity index (χ4v) is 2.41. The minimum Gasteiger partial charge on any atom is -0.493 e. The molecule has 0 N–H and O–H groups in total. The second-order valence-corrected chi connectivity index (χ2v) is 6.42. The maximum absolute atomic E-state index is 10.8. The Morgan fingerprint density at radius 1 is 1.22 bits per heavy atom. The Balaban J connectivity index is 2.25. The largest absolute Gasteiger partial charge is 0.493 e. The number of nitro groups is 1. The van der Waals surface area contributed by atoms with E-state index in [1.54, 1.807) is 31.4 Å². The van der Waals surface area contributed by atoms with Gasteiger partial charge in [-0.1, -0.05) is 19.9 Å². The summed E-state index contributed by atoms with van der Waals surface area (Å²) in [5, 5.41) is 20.2. The van der Waals surface area contributed by atoms with Crippen molar-refractivity contribution in [2.75, 3.05) is 13.7 Å². The lowest BCUT2D eigenvalue weighted by atomic mass is 10.0. The molecule has 6 heteroatoms. The van der Waals surface area contributed by atoms with Crippen LogP contribution < -0.4 is 9.47 Å². The summed E-state index contributed by atoms with van der Waals surface area (Å²) in [6.07, 6.45) is 2.66. The molecular formula is C21H22N2O4. The van der Waals surface area contributed by atoms with E-state index >= 15 is 0 Å². The van der Waals surface area contributed by atoms with Crippen LogP contribution in [0.3, 0.4) is 0 Å². The van der Waals surface area contributed by atoms with Gasteiger partial charge in [-0.05, 0) is 53.8 Å². The summed E-state index contributed by atoms with van der Waals surface area (Å²) in [4.78, 5) is 10.3.